The molecule has 2 aromatic heterocycles. The van der Waals surface area contributed by atoms with Crippen LogP contribution >= 0.6 is 23.1 Å². The number of fused-ring (bicyclic) bond motifs is 1. The van der Waals surface area contributed by atoms with Crippen LogP contribution in [0.5, 0.6) is 0 Å². The maximum atomic E-state index is 12.7. The number of amides is 2. The first-order valence-electron chi connectivity index (χ1n) is 8.31. The molecule has 1 N–H and O–H groups in total. The molecular formula is C19H20N4O2S2. The molecule has 0 saturated heterocycles. The molecule has 0 atom stereocenters. The molecule has 2 amide bonds. The summed E-state index contributed by atoms with van der Waals surface area (Å²) in [5.74, 6) is 0.533. The smallest absolute Gasteiger partial charge is 0.285 e. The van der Waals surface area contributed by atoms with Gasteiger partial charge in [-0.2, -0.15) is 0 Å². The standard InChI is InChI=1S/C19H20N4O2S2/c1-10-15-11(2)20-12(3)21-18(15)27-16(10)17(24)22-13-6-8-14(9-7-13)26-19(25)23(4)5/h6-9H,1-5H3,(H,22,24). The highest BCUT2D eigenvalue weighted by Gasteiger charge is 2.19. The summed E-state index contributed by atoms with van der Waals surface area (Å²) in [7, 11) is 3.43. The Kier molecular flexibility index (Phi) is 5.48. The Balaban J connectivity index is 1.79. The van der Waals surface area contributed by atoms with Crippen molar-refractivity contribution < 1.29 is 9.59 Å². The number of thiophene rings is 1. The first-order chi connectivity index (χ1) is 12.8. The van der Waals surface area contributed by atoms with E-state index >= 15 is 0 Å². The first kappa shape index (κ1) is 19.3. The van der Waals surface area contributed by atoms with Crippen molar-refractivity contribution in [3.63, 3.8) is 0 Å². The third kappa shape index (κ3) is 4.12. The topological polar surface area (TPSA) is 75.2 Å². The Morgan fingerprint density at radius 3 is 2.37 bits per heavy atom. The minimum atomic E-state index is -0.169. The monoisotopic (exact) mass is 400 g/mol. The molecule has 0 aliphatic rings. The Bertz CT molecular complexity index is 1030. The number of rotatable bonds is 3. The van der Waals surface area contributed by atoms with Gasteiger partial charge in [-0.3, -0.25) is 9.59 Å². The van der Waals surface area contributed by atoms with Crippen LogP contribution in [0.25, 0.3) is 10.2 Å². The largest absolute Gasteiger partial charge is 0.339 e. The van der Waals surface area contributed by atoms with Gasteiger partial charge in [-0.15, -0.1) is 11.3 Å². The molecule has 0 aliphatic heterocycles. The Morgan fingerprint density at radius 2 is 1.74 bits per heavy atom. The third-order valence-corrected chi connectivity index (χ3v) is 6.20. The lowest BCUT2D eigenvalue weighted by atomic mass is 10.1. The second kappa shape index (κ2) is 7.66. The van der Waals surface area contributed by atoms with Crippen molar-refractivity contribution in [3.8, 4) is 0 Å². The molecule has 0 spiro atoms. The van der Waals surface area contributed by atoms with Crippen LogP contribution in [0.3, 0.4) is 0 Å². The van der Waals surface area contributed by atoms with Crippen LogP contribution in [0, 0.1) is 20.8 Å². The van der Waals surface area contributed by atoms with Crippen molar-refractivity contribution in [2.24, 2.45) is 0 Å². The summed E-state index contributed by atoms with van der Waals surface area (Å²) >= 11 is 2.52. The highest BCUT2D eigenvalue weighted by atomic mass is 32.2. The highest BCUT2D eigenvalue weighted by Crippen LogP contribution is 2.32. The number of carbonyl (C=O) groups is 2. The van der Waals surface area contributed by atoms with Gasteiger partial charge in [-0.1, -0.05) is 0 Å². The SMILES string of the molecule is Cc1nc(C)c2c(C)c(C(=O)Nc3ccc(SC(=O)N(C)C)cc3)sc2n1. The molecule has 6 nitrogen and oxygen atoms in total. The van der Waals surface area contributed by atoms with Gasteiger partial charge < -0.3 is 10.2 Å². The summed E-state index contributed by atoms with van der Waals surface area (Å²) in [6.45, 7) is 5.71. The fourth-order valence-corrected chi connectivity index (χ4v) is 4.51. The normalized spacial score (nSPS) is 10.9. The molecule has 3 aromatic rings. The number of hydrogen-bond acceptors (Lipinski definition) is 6. The van der Waals surface area contributed by atoms with Crippen molar-refractivity contribution in [1.29, 1.82) is 0 Å². The molecule has 8 heteroatoms. The van der Waals surface area contributed by atoms with Crippen molar-refractivity contribution in [2.75, 3.05) is 19.4 Å². The van der Waals surface area contributed by atoms with Crippen LogP contribution in [-0.4, -0.2) is 40.1 Å². The van der Waals surface area contributed by atoms with E-state index in [4.69, 9.17) is 0 Å². The van der Waals surface area contributed by atoms with Gasteiger partial charge in [0.15, 0.2) is 0 Å². The van der Waals surface area contributed by atoms with Gasteiger partial charge in [-0.25, -0.2) is 9.97 Å². The number of nitrogens with zero attached hydrogens (tertiary/aromatic N) is 3. The second-order valence-corrected chi connectivity index (χ2v) is 8.36. The summed E-state index contributed by atoms with van der Waals surface area (Å²) in [5, 5.41) is 3.82. The number of carbonyl (C=O) groups excluding carboxylic acids is 2. The highest BCUT2D eigenvalue weighted by molar-refractivity contribution is 8.13. The quantitative estimate of drug-likeness (QED) is 0.648. The van der Waals surface area contributed by atoms with Gasteiger partial charge in [0, 0.05) is 35.8 Å². The molecule has 140 valence electrons. The molecule has 0 radical (unpaired) electrons. The van der Waals surface area contributed by atoms with Crippen molar-refractivity contribution in [2.45, 2.75) is 25.7 Å². The van der Waals surface area contributed by atoms with Crippen LogP contribution in [0.1, 0.15) is 26.8 Å². The minimum absolute atomic E-state index is 0.0422. The molecule has 0 fully saturated rings. The van der Waals surface area contributed by atoms with Crippen molar-refractivity contribution >= 4 is 50.1 Å². The van der Waals surface area contributed by atoms with Crippen LogP contribution in [0.4, 0.5) is 10.5 Å². The van der Waals surface area contributed by atoms with Crippen LogP contribution in [0.15, 0.2) is 29.2 Å². The Hall–Kier alpha value is -2.45. The number of aromatic nitrogens is 2. The van der Waals surface area contributed by atoms with E-state index in [2.05, 4.69) is 15.3 Å². The Morgan fingerprint density at radius 1 is 1.07 bits per heavy atom. The van der Waals surface area contributed by atoms with Gasteiger partial charge in [0.05, 0.1) is 4.88 Å². The Labute approximate surface area is 166 Å². The number of benzene rings is 1. The minimum Gasteiger partial charge on any atom is -0.339 e. The lowest BCUT2D eigenvalue weighted by molar-refractivity contribution is 0.103. The zero-order valence-corrected chi connectivity index (χ0v) is 17.4. The fraction of sp³-hybridized carbons (Fsp3) is 0.263. The van der Waals surface area contributed by atoms with E-state index in [0.717, 1.165) is 38.1 Å². The third-order valence-electron chi connectivity index (χ3n) is 3.97. The summed E-state index contributed by atoms with van der Waals surface area (Å²) in [4.78, 5) is 37.1. The number of nitrogens with one attached hydrogen (secondary N) is 1. The summed E-state index contributed by atoms with van der Waals surface area (Å²) < 4.78 is 0. The van der Waals surface area contributed by atoms with E-state index in [9.17, 15) is 9.59 Å². The number of anilines is 1. The van der Waals surface area contributed by atoms with Crippen LogP contribution < -0.4 is 5.32 Å². The van der Waals surface area contributed by atoms with E-state index in [1.165, 1.54) is 16.2 Å². The average molecular weight is 401 g/mol. The van der Waals surface area contributed by atoms with Crippen molar-refractivity contribution in [1.82, 2.24) is 14.9 Å². The zero-order chi connectivity index (χ0) is 19.7. The van der Waals surface area contributed by atoms with Crippen molar-refractivity contribution in [3.05, 3.63) is 46.2 Å². The zero-order valence-electron chi connectivity index (χ0n) is 15.8. The van der Waals surface area contributed by atoms with E-state index in [1.54, 1.807) is 26.2 Å². The molecular weight excluding hydrogens is 380 g/mol. The lowest BCUT2D eigenvalue weighted by Crippen LogP contribution is -2.16. The maximum Gasteiger partial charge on any atom is 0.285 e. The predicted molar refractivity (Wildman–Crippen MR) is 111 cm³/mol. The number of aryl methyl sites for hydroxylation is 3. The summed E-state index contributed by atoms with van der Waals surface area (Å²) in [6, 6.07) is 7.22. The predicted octanol–water partition coefficient (Wildman–Crippen LogP) is 4.64. The average Bonchev–Trinajstić information content (AvgIpc) is 2.93. The summed E-state index contributed by atoms with van der Waals surface area (Å²) in [5.41, 5.74) is 2.46. The molecule has 0 bridgehead atoms. The lowest BCUT2D eigenvalue weighted by Gasteiger charge is -2.09. The molecule has 2 heterocycles. The molecule has 0 unspecified atom stereocenters. The molecule has 3 rings (SSSR count). The van der Waals surface area contributed by atoms with Crippen LogP contribution in [-0.2, 0) is 0 Å². The first-order valence-corrected chi connectivity index (χ1v) is 9.94. The van der Waals surface area contributed by atoms with E-state index in [0.29, 0.717) is 16.4 Å². The van der Waals surface area contributed by atoms with Gasteiger partial charge in [0.2, 0.25) is 0 Å². The molecule has 27 heavy (non-hydrogen) atoms. The van der Waals surface area contributed by atoms with E-state index < -0.39 is 0 Å². The summed E-state index contributed by atoms with van der Waals surface area (Å²) in [6.07, 6.45) is 0. The van der Waals surface area contributed by atoms with Gasteiger partial charge in [-0.05, 0) is 62.4 Å². The fourth-order valence-electron chi connectivity index (χ4n) is 2.68. The number of hydrogen-bond donors (Lipinski definition) is 1. The van der Waals surface area contributed by atoms with Gasteiger partial charge in [0.25, 0.3) is 11.1 Å². The van der Waals surface area contributed by atoms with Crippen LogP contribution in [0.2, 0.25) is 0 Å². The molecule has 0 aliphatic carbocycles. The second-order valence-electron chi connectivity index (χ2n) is 6.33. The van der Waals surface area contributed by atoms with Gasteiger partial charge in [0.1, 0.15) is 10.7 Å². The van der Waals surface area contributed by atoms with E-state index in [-0.39, 0.29) is 11.1 Å². The van der Waals surface area contributed by atoms with E-state index in [1.807, 2.05) is 32.9 Å². The molecule has 1 aromatic carbocycles. The molecule has 0 saturated carbocycles. The number of thioether (sulfide) groups is 1. The maximum absolute atomic E-state index is 12.7. The van der Waals surface area contributed by atoms with Gasteiger partial charge >= 0.3 is 0 Å².